The van der Waals surface area contributed by atoms with E-state index in [-0.39, 0.29) is 17.0 Å². The summed E-state index contributed by atoms with van der Waals surface area (Å²) in [6, 6.07) is 5.07. The molecule has 0 spiro atoms. The molecule has 0 saturated heterocycles. The van der Waals surface area contributed by atoms with Crippen LogP contribution in [0, 0.1) is 6.92 Å². The average Bonchev–Trinajstić information content (AvgIpc) is 3.55. The minimum Gasteiger partial charge on any atom is -0.494 e. The number of nitrogens with one attached hydrogen (secondary N) is 2. The third-order valence-electron chi connectivity index (χ3n) is 5.32. The van der Waals surface area contributed by atoms with Crippen molar-refractivity contribution in [3.05, 3.63) is 69.5 Å². The number of hydrogen-bond acceptors (Lipinski definition) is 8. The smallest absolute Gasteiger partial charge is 0.272 e. The quantitative estimate of drug-likeness (QED) is 0.404. The Bertz CT molecular complexity index is 1380. The van der Waals surface area contributed by atoms with Gasteiger partial charge in [0.05, 0.1) is 42.5 Å². The minimum atomic E-state index is -0.365. The Hall–Kier alpha value is -3.83. The molecule has 0 aromatic carbocycles. The van der Waals surface area contributed by atoms with Gasteiger partial charge in [-0.15, -0.1) is 0 Å². The van der Waals surface area contributed by atoms with E-state index < -0.39 is 0 Å². The first kappa shape index (κ1) is 22.0. The highest BCUT2D eigenvalue weighted by molar-refractivity contribution is 7.16. The highest BCUT2D eigenvalue weighted by Crippen LogP contribution is 2.35. The Labute approximate surface area is 203 Å². The van der Waals surface area contributed by atoms with Gasteiger partial charge in [0, 0.05) is 29.2 Å². The van der Waals surface area contributed by atoms with Crippen molar-refractivity contribution in [2.75, 3.05) is 12.4 Å². The van der Waals surface area contributed by atoms with Gasteiger partial charge in [-0.3, -0.25) is 25.0 Å². The Morgan fingerprint density at radius 2 is 2.06 bits per heavy atom. The summed E-state index contributed by atoms with van der Waals surface area (Å²) in [6.07, 6.45) is 4.56. The average molecular weight is 496 g/mol. The first-order valence-corrected chi connectivity index (χ1v) is 11.4. The number of H-pyrrole nitrogens is 1. The number of nitrogens with zero attached hydrogens (tertiary/aromatic N) is 5. The van der Waals surface area contributed by atoms with Crippen LogP contribution in [0.4, 0.5) is 5.13 Å². The molecule has 4 aromatic rings. The number of aryl methyl sites for hydroxylation is 1. The summed E-state index contributed by atoms with van der Waals surface area (Å²) in [7, 11) is 1.53. The fourth-order valence-electron chi connectivity index (χ4n) is 3.70. The topological polar surface area (TPSA) is 126 Å². The number of aromatic amines is 1. The zero-order chi connectivity index (χ0) is 23.8. The number of carbonyl (C=O) groups is 2. The number of hydrogen-bond donors (Lipinski definition) is 2. The lowest BCUT2D eigenvalue weighted by atomic mass is 10.0. The van der Waals surface area contributed by atoms with Crippen molar-refractivity contribution in [3.63, 3.8) is 0 Å². The van der Waals surface area contributed by atoms with Gasteiger partial charge >= 0.3 is 0 Å². The molecule has 0 radical (unpaired) electrons. The van der Waals surface area contributed by atoms with Crippen LogP contribution in [0.5, 0.6) is 5.75 Å². The number of aromatic nitrogens is 5. The number of methoxy groups -OCH3 is 1. The van der Waals surface area contributed by atoms with E-state index in [0.717, 1.165) is 16.3 Å². The van der Waals surface area contributed by atoms with Crippen LogP contribution in [0.1, 0.15) is 37.1 Å². The summed E-state index contributed by atoms with van der Waals surface area (Å²) in [5.74, 6) is -0.0248. The zero-order valence-electron chi connectivity index (χ0n) is 18.1. The largest absolute Gasteiger partial charge is 0.494 e. The van der Waals surface area contributed by atoms with E-state index in [1.54, 1.807) is 23.1 Å². The molecule has 0 fully saturated rings. The van der Waals surface area contributed by atoms with E-state index in [1.807, 2.05) is 6.92 Å². The molecule has 172 valence electrons. The van der Waals surface area contributed by atoms with Crippen LogP contribution in [-0.2, 0) is 13.1 Å². The molecular weight excluding hydrogens is 478 g/mol. The van der Waals surface area contributed by atoms with Crippen molar-refractivity contribution in [2.45, 2.75) is 20.0 Å². The monoisotopic (exact) mass is 495 g/mol. The molecule has 12 heteroatoms. The van der Waals surface area contributed by atoms with Gasteiger partial charge in [0.2, 0.25) is 0 Å². The maximum absolute atomic E-state index is 13.2. The normalized spacial score (nSPS) is 12.5. The van der Waals surface area contributed by atoms with Gasteiger partial charge in [0.25, 0.3) is 11.8 Å². The third-order valence-corrected chi connectivity index (χ3v) is 6.53. The predicted molar refractivity (Wildman–Crippen MR) is 126 cm³/mol. The fourth-order valence-corrected chi connectivity index (χ4v) is 4.84. The lowest BCUT2D eigenvalue weighted by Crippen LogP contribution is -2.26. The molecule has 34 heavy (non-hydrogen) atoms. The number of halogens is 1. The first-order chi connectivity index (χ1) is 16.4. The van der Waals surface area contributed by atoms with Crippen LogP contribution >= 0.6 is 22.9 Å². The number of rotatable bonds is 5. The molecule has 10 nitrogen and oxygen atoms in total. The van der Waals surface area contributed by atoms with E-state index in [1.165, 1.54) is 37.0 Å². The Kier molecular flexibility index (Phi) is 5.72. The van der Waals surface area contributed by atoms with Crippen LogP contribution in [0.2, 0.25) is 5.15 Å². The van der Waals surface area contributed by atoms with Gasteiger partial charge in [-0.1, -0.05) is 22.9 Å². The SMILES string of the molecule is COc1cnc(Cl)cc1-c1cc(C)ncc1C(=O)Nc1nc2c(s1)CN(C(=O)c1ccn[nH]1)C2. The standard InChI is InChI=1S/C22H18ClN7O3S/c1-11-5-12(13-6-19(23)25-8-17(13)33-2)14(7-24-11)20(31)28-22-27-16-9-30(10-18(16)34-22)21(32)15-3-4-26-29-15/h3-8H,9-10H2,1-2H3,(H,26,29)(H,27,28,31). The number of fused-ring (bicyclic) bond motifs is 1. The maximum Gasteiger partial charge on any atom is 0.272 e. The highest BCUT2D eigenvalue weighted by atomic mass is 35.5. The number of anilines is 1. The number of amides is 2. The van der Waals surface area contributed by atoms with Crippen LogP contribution in [0.15, 0.2) is 36.8 Å². The molecule has 1 aliphatic heterocycles. The predicted octanol–water partition coefficient (Wildman–Crippen LogP) is 3.70. The third kappa shape index (κ3) is 4.11. The molecule has 0 atom stereocenters. The number of ether oxygens (including phenoxy) is 1. The molecular formula is C22H18ClN7O3S. The van der Waals surface area contributed by atoms with Crippen LogP contribution in [0.25, 0.3) is 11.1 Å². The Morgan fingerprint density at radius 1 is 1.21 bits per heavy atom. The van der Waals surface area contributed by atoms with E-state index in [4.69, 9.17) is 16.3 Å². The summed E-state index contributed by atoms with van der Waals surface area (Å²) in [5, 5.41) is 10.1. The maximum atomic E-state index is 13.2. The van der Waals surface area contributed by atoms with Crippen LogP contribution in [-0.4, -0.2) is 49.0 Å². The van der Waals surface area contributed by atoms with E-state index >= 15 is 0 Å². The zero-order valence-corrected chi connectivity index (χ0v) is 19.7. The molecule has 0 aliphatic carbocycles. The van der Waals surface area contributed by atoms with Crippen molar-refractivity contribution in [1.29, 1.82) is 0 Å². The van der Waals surface area contributed by atoms with Gasteiger partial charge in [-0.2, -0.15) is 5.10 Å². The summed E-state index contributed by atoms with van der Waals surface area (Å²) >= 11 is 7.45. The Morgan fingerprint density at radius 3 is 2.79 bits per heavy atom. The van der Waals surface area contributed by atoms with Crippen LogP contribution < -0.4 is 10.1 Å². The molecule has 5 heterocycles. The van der Waals surface area contributed by atoms with Gasteiger partial charge in [0.15, 0.2) is 5.13 Å². The van der Waals surface area contributed by atoms with Crippen LogP contribution in [0.3, 0.4) is 0 Å². The molecule has 0 bridgehead atoms. The summed E-state index contributed by atoms with van der Waals surface area (Å²) in [5.41, 5.74) is 3.52. The van der Waals surface area contributed by atoms with Gasteiger partial charge < -0.3 is 9.64 Å². The summed E-state index contributed by atoms with van der Waals surface area (Å²) in [4.78, 5) is 41.2. The molecule has 4 aromatic heterocycles. The van der Waals surface area contributed by atoms with Crippen molar-refractivity contribution >= 4 is 39.9 Å². The lowest BCUT2D eigenvalue weighted by molar-refractivity contribution is 0.0744. The Balaban J connectivity index is 1.38. The van der Waals surface area contributed by atoms with E-state index in [0.29, 0.717) is 46.4 Å². The minimum absolute atomic E-state index is 0.145. The molecule has 5 rings (SSSR count). The van der Waals surface area contributed by atoms with Crippen molar-refractivity contribution in [3.8, 4) is 16.9 Å². The molecule has 0 unspecified atom stereocenters. The summed E-state index contributed by atoms with van der Waals surface area (Å²) < 4.78 is 5.42. The summed E-state index contributed by atoms with van der Waals surface area (Å²) in [6.45, 7) is 2.62. The van der Waals surface area contributed by atoms with Gasteiger partial charge in [-0.25, -0.2) is 9.97 Å². The van der Waals surface area contributed by atoms with Crippen molar-refractivity contribution in [1.82, 2.24) is 30.0 Å². The first-order valence-electron chi connectivity index (χ1n) is 10.2. The van der Waals surface area contributed by atoms with Crippen molar-refractivity contribution < 1.29 is 14.3 Å². The molecule has 1 aliphatic rings. The number of pyridine rings is 2. The second-order valence-electron chi connectivity index (χ2n) is 7.55. The van der Waals surface area contributed by atoms with E-state index in [2.05, 4.69) is 30.5 Å². The molecule has 0 saturated carbocycles. The highest BCUT2D eigenvalue weighted by Gasteiger charge is 2.29. The second-order valence-corrected chi connectivity index (χ2v) is 9.02. The molecule has 2 N–H and O–H groups in total. The number of thiazole rings is 1. The fraction of sp³-hybridized carbons (Fsp3) is 0.182. The molecule has 2 amide bonds. The second kappa shape index (κ2) is 8.84. The van der Waals surface area contributed by atoms with Gasteiger partial charge in [0.1, 0.15) is 16.6 Å². The van der Waals surface area contributed by atoms with Crippen molar-refractivity contribution in [2.24, 2.45) is 0 Å². The number of carbonyl (C=O) groups excluding carboxylic acids is 2. The van der Waals surface area contributed by atoms with Gasteiger partial charge in [-0.05, 0) is 25.1 Å². The lowest BCUT2D eigenvalue weighted by Gasteiger charge is -2.14. The van der Waals surface area contributed by atoms with E-state index in [9.17, 15) is 9.59 Å².